The molecule has 1 aliphatic rings. The molecule has 0 radical (unpaired) electrons. The molecule has 0 unspecified atom stereocenters. The number of alkyl halides is 2. The molecule has 0 aromatic heterocycles. The molecular weight excluding hydrogens is 466 g/mol. The Morgan fingerprint density at radius 3 is 2.38 bits per heavy atom. The van der Waals surface area contributed by atoms with Gasteiger partial charge in [-0.05, 0) is 43.2 Å². The first-order valence-corrected chi connectivity index (χ1v) is 11.8. The SMILES string of the molecule is COc1ccc(NC(=O)c2ccc(Cl)c(S(=O)(=O)N3CCCCCC3)c2)cc1OC(F)F. The molecule has 2 aromatic carbocycles. The summed E-state index contributed by atoms with van der Waals surface area (Å²) in [5.74, 6) is -0.816. The van der Waals surface area contributed by atoms with Crippen molar-refractivity contribution in [2.24, 2.45) is 0 Å². The van der Waals surface area contributed by atoms with Gasteiger partial charge in [0.1, 0.15) is 4.90 Å². The van der Waals surface area contributed by atoms with E-state index in [1.807, 2.05) is 0 Å². The van der Waals surface area contributed by atoms with Crippen LogP contribution in [0.5, 0.6) is 11.5 Å². The van der Waals surface area contributed by atoms with Gasteiger partial charge in [-0.15, -0.1) is 0 Å². The van der Waals surface area contributed by atoms with Crippen molar-refractivity contribution in [3.05, 3.63) is 47.0 Å². The third kappa shape index (κ3) is 5.67. The van der Waals surface area contributed by atoms with E-state index in [2.05, 4.69) is 10.1 Å². The Labute approximate surface area is 190 Å². The summed E-state index contributed by atoms with van der Waals surface area (Å²) in [7, 11) is -2.58. The summed E-state index contributed by atoms with van der Waals surface area (Å²) in [6.45, 7) is -2.28. The minimum Gasteiger partial charge on any atom is -0.493 e. The number of amides is 1. The molecule has 0 atom stereocenters. The molecule has 0 bridgehead atoms. The standard InChI is InChI=1S/C21H23ClF2N2O5S/c1-30-17-9-7-15(13-18(17)31-21(23)24)25-20(27)14-6-8-16(22)19(12-14)32(28,29)26-10-4-2-3-5-11-26/h6-9,12-13,21H,2-5,10-11H2,1H3,(H,25,27). The lowest BCUT2D eigenvalue weighted by molar-refractivity contribution is -0.0511. The van der Waals surface area contributed by atoms with Gasteiger partial charge in [-0.3, -0.25) is 4.79 Å². The van der Waals surface area contributed by atoms with Gasteiger partial charge in [-0.25, -0.2) is 8.42 Å². The van der Waals surface area contributed by atoms with Gasteiger partial charge in [-0.2, -0.15) is 13.1 Å². The summed E-state index contributed by atoms with van der Waals surface area (Å²) < 4.78 is 62.3. The maximum Gasteiger partial charge on any atom is 0.387 e. The molecule has 1 N–H and O–H groups in total. The number of nitrogens with one attached hydrogen (secondary N) is 1. The third-order valence-corrected chi connectivity index (χ3v) is 7.39. The van der Waals surface area contributed by atoms with Gasteiger partial charge < -0.3 is 14.8 Å². The normalized spacial score (nSPS) is 15.3. The molecule has 3 rings (SSSR count). The summed E-state index contributed by atoms with van der Waals surface area (Å²) in [6, 6.07) is 7.95. The van der Waals surface area contributed by atoms with E-state index in [-0.39, 0.29) is 32.7 Å². The van der Waals surface area contributed by atoms with Crippen molar-refractivity contribution >= 4 is 33.2 Å². The second-order valence-corrected chi connectivity index (χ2v) is 9.48. The Morgan fingerprint density at radius 2 is 1.75 bits per heavy atom. The number of carbonyl (C=O) groups excluding carboxylic acids is 1. The second kappa shape index (κ2) is 10.5. The molecule has 174 valence electrons. The Kier molecular flexibility index (Phi) is 7.91. The predicted molar refractivity (Wildman–Crippen MR) is 116 cm³/mol. The van der Waals surface area contributed by atoms with Crippen LogP contribution >= 0.6 is 11.6 Å². The zero-order valence-corrected chi connectivity index (χ0v) is 18.9. The Morgan fingerprint density at radius 1 is 1.06 bits per heavy atom. The molecule has 1 aliphatic heterocycles. The molecule has 1 amide bonds. The van der Waals surface area contributed by atoms with E-state index in [1.165, 1.54) is 47.8 Å². The number of carbonyl (C=O) groups is 1. The monoisotopic (exact) mass is 488 g/mol. The number of ether oxygens (including phenoxy) is 2. The predicted octanol–water partition coefficient (Wildman–Crippen LogP) is 4.77. The van der Waals surface area contributed by atoms with Crippen LogP contribution < -0.4 is 14.8 Å². The lowest BCUT2D eigenvalue weighted by Crippen LogP contribution is -2.32. The largest absolute Gasteiger partial charge is 0.493 e. The Balaban J connectivity index is 1.85. The van der Waals surface area contributed by atoms with E-state index in [0.717, 1.165) is 25.7 Å². The average molecular weight is 489 g/mol. The lowest BCUT2D eigenvalue weighted by Gasteiger charge is -2.21. The van der Waals surface area contributed by atoms with Crippen LogP contribution in [0.4, 0.5) is 14.5 Å². The Hall–Kier alpha value is -2.43. The quantitative estimate of drug-likeness (QED) is 0.607. The molecule has 2 aromatic rings. The van der Waals surface area contributed by atoms with Crippen LogP contribution in [-0.4, -0.2) is 45.4 Å². The van der Waals surface area contributed by atoms with Crippen molar-refractivity contribution in [2.75, 3.05) is 25.5 Å². The van der Waals surface area contributed by atoms with E-state index in [9.17, 15) is 22.0 Å². The van der Waals surface area contributed by atoms with Crippen LogP contribution in [0, 0.1) is 0 Å². The van der Waals surface area contributed by atoms with E-state index >= 15 is 0 Å². The van der Waals surface area contributed by atoms with Crippen molar-refractivity contribution < 1.29 is 31.5 Å². The van der Waals surface area contributed by atoms with Gasteiger partial charge >= 0.3 is 6.61 Å². The molecule has 0 saturated carbocycles. The van der Waals surface area contributed by atoms with Gasteiger partial charge in [0, 0.05) is 30.4 Å². The van der Waals surface area contributed by atoms with E-state index in [0.29, 0.717) is 13.1 Å². The van der Waals surface area contributed by atoms with Crippen LogP contribution in [0.15, 0.2) is 41.3 Å². The first kappa shape index (κ1) is 24.2. The number of methoxy groups -OCH3 is 1. The average Bonchev–Trinajstić information content (AvgIpc) is 3.04. The highest BCUT2D eigenvalue weighted by atomic mass is 35.5. The summed E-state index contributed by atoms with van der Waals surface area (Å²) >= 11 is 6.17. The maximum absolute atomic E-state index is 13.1. The fourth-order valence-corrected chi connectivity index (χ4v) is 5.43. The van der Waals surface area contributed by atoms with Crippen LogP contribution in [0.1, 0.15) is 36.0 Å². The highest BCUT2D eigenvalue weighted by Crippen LogP contribution is 2.32. The number of halogens is 3. The van der Waals surface area contributed by atoms with Gasteiger partial charge in [-0.1, -0.05) is 24.4 Å². The van der Waals surface area contributed by atoms with Crippen molar-refractivity contribution in [1.29, 1.82) is 0 Å². The fraction of sp³-hybridized carbons (Fsp3) is 0.381. The van der Waals surface area contributed by atoms with E-state index in [4.69, 9.17) is 16.3 Å². The third-order valence-electron chi connectivity index (χ3n) is 5.01. The molecule has 1 fully saturated rings. The summed E-state index contributed by atoms with van der Waals surface area (Å²) in [6.07, 6.45) is 3.44. The van der Waals surface area contributed by atoms with Gasteiger partial charge in [0.25, 0.3) is 5.91 Å². The zero-order valence-electron chi connectivity index (χ0n) is 17.3. The van der Waals surface area contributed by atoms with Crippen LogP contribution in [0.2, 0.25) is 5.02 Å². The highest BCUT2D eigenvalue weighted by molar-refractivity contribution is 7.89. The van der Waals surface area contributed by atoms with Crippen LogP contribution in [-0.2, 0) is 10.0 Å². The molecular formula is C21H23ClF2N2O5S. The van der Waals surface area contributed by atoms with Crippen molar-refractivity contribution in [2.45, 2.75) is 37.2 Å². The summed E-state index contributed by atoms with van der Waals surface area (Å²) in [4.78, 5) is 12.6. The summed E-state index contributed by atoms with van der Waals surface area (Å²) in [5.41, 5.74) is 0.216. The maximum atomic E-state index is 13.1. The first-order chi connectivity index (χ1) is 15.2. The number of nitrogens with zero attached hydrogens (tertiary/aromatic N) is 1. The molecule has 11 heteroatoms. The van der Waals surface area contributed by atoms with Gasteiger partial charge in [0.05, 0.1) is 12.1 Å². The first-order valence-electron chi connectivity index (χ1n) is 9.96. The highest BCUT2D eigenvalue weighted by Gasteiger charge is 2.28. The van der Waals surface area contributed by atoms with Crippen LogP contribution in [0.3, 0.4) is 0 Å². The van der Waals surface area contributed by atoms with E-state index < -0.39 is 22.5 Å². The molecule has 1 saturated heterocycles. The lowest BCUT2D eigenvalue weighted by atomic mass is 10.2. The molecule has 32 heavy (non-hydrogen) atoms. The number of anilines is 1. The summed E-state index contributed by atoms with van der Waals surface area (Å²) in [5, 5.41) is 2.56. The number of hydrogen-bond donors (Lipinski definition) is 1. The molecule has 0 spiro atoms. The van der Waals surface area contributed by atoms with Gasteiger partial charge in [0.15, 0.2) is 11.5 Å². The van der Waals surface area contributed by atoms with Crippen molar-refractivity contribution in [3.8, 4) is 11.5 Å². The Bertz CT molecular complexity index is 1070. The van der Waals surface area contributed by atoms with E-state index in [1.54, 1.807) is 0 Å². The van der Waals surface area contributed by atoms with Crippen molar-refractivity contribution in [3.63, 3.8) is 0 Å². The fourth-order valence-electron chi connectivity index (χ4n) is 3.41. The van der Waals surface area contributed by atoms with Gasteiger partial charge in [0.2, 0.25) is 10.0 Å². The molecule has 1 heterocycles. The number of rotatable bonds is 7. The smallest absolute Gasteiger partial charge is 0.387 e. The number of sulfonamides is 1. The topological polar surface area (TPSA) is 84.9 Å². The van der Waals surface area contributed by atoms with Crippen LogP contribution in [0.25, 0.3) is 0 Å². The number of hydrogen-bond acceptors (Lipinski definition) is 5. The minimum absolute atomic E-state index is 0.0165. The zero-order chi connectivity index (χ0) is 23.3. The van der Waals surface area contributed by atoms with Crippen molar-refractivity contribution in [1.82, 2.24) is 4.31 Å². The minimum atomic E-state index is -3.87. The number of benzene rings is 2. The molecule has 0 aliphatic carbocycles. The molecule has 7 nitrogen and oxygen atoms in total. The second-order valence-electron chi connectivity index (χ2n) is 7.16.